The Kier molecular flexibility index (Phi) is 6.26. The average molecular weight is 300 g/mol. The molecule has 1 heterocycles. The molecule has 1 aliphatic heterocycles. The third-order valence-corrected chi connectivity index (χ3v) is 3.82. The first-order valence-corrected chi connectivity index (χ1v) is 8.40. The largest absolute Gasteiger partial charge is 0.469 e. The van der Waals surface area contributed by atoms with Gasteiger partial charge in [-0.2, -0.15) is 0 Å². The van der Waals surface area contributed by atoms with Crippen LogP contribution in [0.5, 0.6) is 0 Å². The van der Waals surface area contributed by atoms with Gasteiger partial charge in [-0.25, -0.2) is 0 Å². The molecular formula is C20H28O2. The highest BCUT2D eigenvalue weighted by Crippen LogP contribution is 2.37. The van der Waals surface area contributed by atoms with Gasteiger partial charge in [0.1, 0.15) is 5.76 Å². The number of hydrogen-bond donors (Lipinski definition) is 0. The van der Waals surface area contributed by atoms with Gasteiger partial charge >= 0.3 is 0 Å². The lowest BCUT2D eigenvalue weighted by atomic mass is 9.95. The maximum Gasteiger partial charge on any atom is 0.203 e. The van der Waals surface area contributed by atoms with Crippen LogP contribution in [0, 0.1) is 0 Å². The molecule has 1 aromatic carbocycles. The predicted octanol–water partition coefficient (Wildman–Crippen LogP) is 5.79. The van der Waals surface area contributed by atoms with Gasteiger partial charge < -0.3 is 9.47 Å². The molecule has 0 N–H and O–H groups in total. The molecule has 22 heavy (non-hydrogen) atoms. The monoisotopic (exact) mass is 300 g/mol. The maximum absolute atomic E-state index is 6.07. The Balaban J connectivity index is 2.35. The Hall–Kier alpha value is -1.54. The summed E-state index contributed by atoms with van der Waals surface area (Å²) in [5.74, 6) is 1.12. The van der Waals surface area contributed by atoms with Gasteiger partial charge in [0.05, 0.1) is 0 Å². The smallest absolute Gasteiger partial charge is 0.203 e. The zero-order valence-corrected chi connectivity index (χ0v) is 14.3. The van der Waals surface area contributed by atoms with E-state index in [4.69, 9.17) is 9.47 Å². The minimum absolute atomic E-state index is 0.119. The third-order valence-electron chi connectivity index (χ3n) is 3.82. The van der Waals surface area contributed by atoms with E-state index in [0.29, 0.717) is 6.61 Å². The number of rotatable bonds is 7. The number of ether oxygens (including phenoxy) is 2. The van der Waals surface area contributed by atoms with E-state index in [-0.39, 0.29) is 6.29 Å². The summed E-state index contributed by atoms with van der Waals surface area (Å²) in [4.78, 5) is 0. The lowest BCUT2D eigenvalue weighted by molar-refractivity contribution is -0.0974. The second-order valence-corrected chi connectivity index (χ2v) is 6.02. The first-order chi connectivity index (χ1) is 10.7. The summed E-state index contributed by atoms with van der Waals surface area (Å²) in [6.45, 7) is 9.19. The molecule has 0 aliphatic carbocycles. The minimum Gasteiger partial charge on any atom is -0.469 e. The van der Waals surface area contributed by atoms with Gasteiger partial charge in [0.15, 0.2) is 0 Å². The number of allylic oxidation sites excluding steroid dienone is 2. The molecule has 0 amide bonds. The van der Waals surface area contributed by atoms with Crippen molar-refractivity contribution in [1.82, 2.24) is 0 Å². The van der Waals surface area contributed by atoms with E-state index in [1.165, 1.54) is 28.7 Å². The summed E-state index contributed by atoms with van der Waals surface area (Å²) in [6.07, 6.45) is 6.30. The van der Waals surface area contributed by atoms with Crippen molar-refractivity contribution < 1.29 is 9.47 Å². The van der Waals surface area contributed by atoms with Gasteiger partial charge in [-0.3, -0.25) is 0 Å². The number of unbranched alkanes of at least 4 members (excludes halogenated alkanes) is 1. The quantitative estimate of drug-likeness (QED) is 0.634. The molecule has 1 atom stereocenters. The molecule has 2 rings (SSSR count). The molecule has 2 heteroatoms. The van der Waals surface area contributed by atoms with Crippen molar-refractivity contribution in [2.24, 2.45) is 0 Å². The van der Waals surface area contributed by atoms with Crippen LogP contribution < -0.4 is 0 Å². The summed E-state index contributed by atoms with van der Waals surface area (Å²) in [6, 6.07) is 8.59. The maximum atomic E-state index is 6.07. The van der Waals surface area contributed by atoms with Gasteiger partial charge in [0.25, 0.3) is 0 Å². The molecule has 1 aromatic rings. The average Bonchev–Trinajstić information content (AvgIpc) is 2.88. The van der Waals surface area contributed by atoms with E-state index < -0.39 is 0 Å². The van der Waals surface area contributed by atoms with Crippen molar-refractivity contribution in [2.75, 3.05) is 6.61 Å². The first-order valence-electron chi connectivity index (χ1n) is 8.40. The second kappa shape index (κ2) is 8.19. The summed E-state index contributed by atoms with van der Waals surface area (Å²) in [7, 11) is 0. The van der Waals surface area contributed by atoms with Crippen molar-refractivity contribution in [3.63, 3.8) is 0 Å². The molecule has 0 spiro atoms. The van der Waals surface area contributed by atoms with Crippen LogP contribution in [0.1, 0.15) is 64.5 Å². The van der Waals surface area contributed by atoms with Crippen LogP contribution in [0.15, 0.2) is 35.6 Å². The van der Waals surface area contributed by atoms with Crippen LogP contribution in [-0.2, 0) is 9.47 Å². The summed E-state index contributed by atoms with van der Waals surface area (Å²) in [5, 5.41) is 0. The van der Waals surface area contributed by atoms with Gasteiger partial charge in [-0.15, -0.1) is 0 Å². The fourth-order valence-electron chi connectivity index (χ4n) is 2.85. The molecule has 2 nitrogen and oxygen atoms in total. The molecule has 0 aromatic heterocycles. The lowest BCUT2D eigenvalue weighted by Crippen LogP contribution is -2.11. The summed E-state index contributed by atoms with van der Waals surface area (Å²) in [5.41, 5.74) is 5.19. The van der Waals surface area contributed by atoms with Crippen molar-refractivity contribution in [3.05, 3.63) is 46.7 Å². The van der Waals surface area contributed by atoms with Crippen LogP contribution in [-0.4, -0.2) is 12.9 Å². The Morgan fingerprint density at radius 1 is 1.27 bits per heavy atom. The molecule has 1 aliphatic rings. The van der Waals surface area contributed by atoms with E-state index in [2.05, 4.69) is 51.1 Å². The normalized spacial score (nSPS) is 17.5. The number of hydrogen-bond acceptors (Lipinski definition) is 2. The molecule has 0 saturated carbocycles. The number of benzene rings is 1. The molecule has 0 saturated heterocycles. The highest BCUT2D eigenvalue weighted by atomic mass is 16.7. The SMILES string of the molecule is CCCCC1=C(c2ccccc2C=C(C)C)CC(OCC)O1. The standard InChI is InChI=1S/C20H28O2/c1-5-7-12-19-18(14-20(22-19)21-6-2)17-11-9-8-10-16(17)13-15(3)4/h8-11,13,20H,5-7,12,14H2,1-4H3. The van der Waals surface area contributed by atoms with Crippen molar-refractivity contribution in [1.29, 1.82) is 0 Å². The minimum atomic E-state index is -0.119. The van der Waals surface area contributed by atoms with Crippen LogP contribution in [0.25, 0.3) is 11.6 Å². The molecule has 0 radical (unpaired) electrons. The van der Waals surface area contributed by atoms with Gasteiger partial charge in [-0.1, -0.05) is 49.3 Å². The fourth-order valence-corrected chi connectivity index (χ4v) is 2.85. The summed E-state index contributed by atoms with van der Waals surface area (Å²) < 4.78 is 11.8. The van der Waals surface area contributed by atoms with Crippen molar-refractivity contribution >= 4 is 11.6 Å². The van der Waals surface area contributed by atoms with Gasteiger partial charge in [0.2, 0.25) is 6.29 Å². The van der Waals surface area contributed by atoms with E-state index in [1.54, 1.807) is 0 Å². The highest BCUT2D eigenvalue weighted by molar-refractivity contribution is 5.77. The third kappa shape index (κ3) is 4.23. The predicted molar refractivity (Wildman–Crippen MR) is 93.3 cm³/mol. The van der Waals surface area contributed by atoms with Gasteiger partial charge in [-0.05, 0) is 38.3 Å². The Morgan fingerprint density at radius 2 is 2.05 bits per heavy atom. The zero-order valence-electron chi connectivity index (χ0n) is 14.3. The van der Waals surface area contributed by atoms with Crippen LogP contribution in [0.2, 0.25) is 0 Å². The van der Waals surface area contributed by atoms with E-state index in [9.17, 15) is 0 Å². The fraction of sp³-hybridized carbons (Fsp3) is 0.500. The topological polar surface area (TPSA) is 18.5 Å². The Bertz CT molecular complexity index is 551. The van der Waals surface area contributed by atoms with Crippen LogP contribution in [0.4, 0.5) is 0 Å². The van der Waals surface area contributed by atoms with E-state index >= 15 is 0 Å². The zero-order chi connectivity index (χ0) is 15.9. The van der Waals surface area contributed by atoms with E-state index in [0.717, 1.165) is 25.0 Å². The summed E-state index contributed by atoms with van der Waals surface area (Å²) >= 11 is 0. The Labute approximate surface area is 134 Å². The molecule has 120 valence electrons. The molecule has 1 unspecified atom stereocenters. The van der Waals surface area contributed by atoms with E-state index in [1.807, 2.05) is 6.92 Å². The first kappa shape index (κ1) is 16.8. The van der Waals surface area contributed by atoms with Crippen molar-refractivity contribution in [3.8, 4) is 0 Å². The second-order valence-electron chi connectivity index (χ2n) is 6.02. The van der Waals surface area contributed by atoms with Crippen molar-refractivity contribution in [2.45, 2.75) is 59.7 Å². The Morgan fingerprint density at radius 3 is 2.73 bits per heavy atom. The molecule has 0 fully saturated rings. The van der Waals surface area contributed by atoms with Crippen LogP contribution in [0.3, 0.4) is 0 Å². The molecule has 0 bridgehead atoms. The molecular weight excluding hydrogens is 272 g/mol. The van der Waals surface area contributed by atoms with Gasteiger partial charge in [0, 0.05) is 25.0 Å². The highest BCUT2D eigenvalue weighted by Gasteiger charge is 2.27. The van der Waals surface area contributed by atoms with Crippen LogP contribution >= 0.6 is 0 Å². The lowest BCUT2D eigenvalue weighted by Gasteiger charge is -2.12.